The number of amides is 4. The fraction of sp³-hybridized carbons (Fsp3) is 0.254. The fourth-order valence-electron chi connectivity index (χ4n) is 7.73. The van der Waals surface area contributed by atoms with E-state index in [2.05, 4.69) is 16.0 Å². The third-order valence-corrected chi connectivity index (χ3v) is 11.8. The first-order valence-electron chi connectivity index (χ1n) is 24.9. The molecule has 0 spiro atoms. The van der Waals surface area contributed by atoms with Crippen LogP contribution in [0.1, 0.15) is 99.5 Å². The zero-order valence-corrected chi connectivity index (χ0v) is 42.9. The molecule has 0 bridgehead atoms. The van der Waals surface area contributed by atoms with Crippen molar-refractivity contribution in [1.29, 1.82) is 0 Å². The number of rotatable bonds is 28. The Morgan fingerprint density at radius 3 is 1.88 bits per heavy atom. The average molecular weight is 1050 g/mol. The van der Waals surface area contributed by atoms with Crippen LogP contribution in [0.2, 0.25) is 0 Å². The van der Waals surface area contributed by atoms with Crippen LogP contribution in [-0.4, -0.2) is 72.4 Å². The number of nitrogens with zero attached hydrogens (tertiary/aromatic N) is 1. The first-order valence-corrected chi connectivity index (χ1v) is 24.9. The van der Waals surface area contributed by atoms with Crippen LogP contribution >= 0.6 is 0 Å². The summed E-state index contributed by atoms with van der Waals surface area (Å²) in [5.74, 6) is -6.53. The summed E-state index contributed by atoms with van der Waals surface area (Å²) in [7, 11) is 0. The summed E-state index contributed by atoms with van der Waals surface area (Å²) in [5.41, 5.74) is 3.25. The Kier molecular flexibility index (Phi) is 21.9. The van der Waals surface area contributed by atoms with Crippen molar-refractivity contribution in [3.8, 4) is 17.1 Å². The molecule has 2 atom stereocenters. The molecule has 18 heteroatoms. The number of hydroxylamine groups is 2. The summed E-state index contributed by atoms with van der Waals surface area (Å²) in [4.78, 5) is 112. The van der Waals surface area contributed by atoms with E-state index in [0.29, 0.717) is 41.5 Å². The molecule has 77 heavy (non-hydrogen) atoms. The Bertz CT molecular complexity index is 3000. The number of carbonyl (C=O) groups excluding carboxylic acids is 8. The van der Waals surface area contributed by atoms with Gasteiger partial charge in [-0.1, -0.05) is 148 Å². The third-order valence-electron chi connectivity index (χ3n) is 11.8. The van der Waals surface area contributed by atoms with Crippen LogP contribution in [0, 0.1) is 12.8 Å². The predicted molar refractivity (Wildman–Crippen MR) is 281 cm³/mol. The molecule has 400 valence electrons. The van der Waals surface area contributed by atoms with E-state index < -0.39 is 66.6 Å². The molecule has 0 radical (unpaired) electrons. The maximum atomic E-state index is 14.2. The zero-order chi connectivity index (χ0) is 54.9. The van der Waals surface area contributed by atoms with Gasteiger partial charge >= 0.3 is 23.9 Å². The number of hydrogen-bond donors (Lipinski definition) is 3. The van der Waals surface area contributed by atoms with Gasteiger partial charge in [-0.05, 0) is 72.9 Å². The van der Waals surface area contributed by atoms with Crippen molar-refractivity contribution < 1.29 is 66.6 Å². The largest absolute Gasteiger partial charge is 0.481 e. The minimum absolute atomic E-state index is 0.0499. The van der Waals surface area contributed by atoms with Gasteiger partial charge in [-0.15, -0.1) is 5.06 Å². The van der Waals surface area contributed by atoms with Crippen molar-refractivity contribution in [2.24, 2.45) is 5.92 Å². The lowest BCUT2D eigenvalue weighted by atomic mass is 9.96. The summed E-state index contributed by atoms with van der Waals surface area (Å²) in [5, 5.41) is 8.59. The molecule has 0 saturated heterocycles. The molecule has 5 aromatic carbocycles. The third kappa shape index (κ3) is 17.4. The number of unbranched alkanes of at least 4 members (excludes halogenated alkanes) is 2. The lowest BCUT2D eigenvalue weighted by molar-refractivity contribution is -0.153. The van der Waals surface area contributed by atoms with E-state index in [0.717, 1.165) is 23.5 Å². The second-order valence-electron chi connectivity index (χ2n) is 17.4. The maximum absolute atomic E-state index is 14.2. The lowest BCUT2D eigenvalue weighted by Gasteiger charge is -2.26. The molecular weight excluding hydrogens is 989 g/mol. The quantitative estimate of drug-likeness (QED) is 0.0104. The number of aryl methyl sites for hydroxylation is 1. The molecule has 1 aromatic heterocycles. The van der Waals surface area contributed by atoms with Gasteiger partial charge in [0, 0.05) is 5.56 Å². The standard InChI is InChI=1S/C59H60N4O14/c1-4-6-10-27-46(49(5-2)63(39-64)77-58(70)45-26-18-17-19-40(45)3)55(67)60-38-61-57(69)51-31-30-50(76-51)44-28-29-47(52(32-44)72-37-54(66)74-35-42-22-13-8-14-23-42)56(68)62-48(59(71)75-36-43-24-15-9-16-25-43)33-53(65)73-34-41-20-11-7-12-21-41/h5,7-9,11-26,28-32,39,46,48H,4,6,10,27,33-38H2,1-3H3,(H,60,67)(H,61,69)(H,62,68)/b49-5-/t46-,48+/m1/s1. The van der Waals surface area contributed by atoms with Gasteiger partial charge in [-0.2, -0.15) is 0 Å². The van der Waals surface area contributed by atoms with Gasteiger partial charge in [0.2, 0.25) is 12.3 Å². The lowest BCUT2D eigenvalue weighted by Crippen LogP contribution is -2.43. The van der Waals surface area contributed by atoms with Crippen molar-refractivity contribution in [2.45, 2.75) is 78.7 Å². The monoisotopic (exact) mass is 1050 g/mol. The zero-order valence-electron chi connectivity index (χ0n) is 42.9. The fourth-order valence-corrected chi connectivity index (χ4v) is 7.73. The maximum Gasteiger partial charge on any atom is 0.364 e. The summed E-state index contributed by atoms with van der Waals surface area (Å²) >= 11 is 0. The van der Waals surface area contributed by atoms with Crippen molar-refractivity contribution in [2.75, 3.05) is 13.3 Å². The molecule has 0 unspecified atom stereocenters. The van der Waals surface area contributed by atoms with E-state index in [1.54, 1.807) is 117 Å². The van der Waals surface area contributed by atoms with E-state index in [4.69, 9.17) is 28.2 Å². The van der Waals surface area contributed by atoms with Crippen LogP contribution in [0.25, 0.3) is 11.3 Å². The van der Waals surface area contributed by atoms with E-state index in [1.807, 2.05) is 19.1 Å². The summed E-state index contributed by atoms with van der Waals surface area (Å²) in [6.45, 7) is 4.05. The molecule has 0 aliphatic heterocycles. The SMILES string of the molecule is C/C=C(/[C@@H](CCCCC)C(=O)NCNC(=O)c1ccc(-c2ccc(C(=O)N[C@@H](CC(=O)OCc3ccccc3)C(=O)OCc3ccccc3)c(OCC(=O)OCc3ccccc3)c2)o1)N(C=O)OC(=O)c1ccccc1C. The van der Waals surface area contributed by atoms with Crippen LogP contribution in [0.15, 0.2) is 162 Å². The second kappa shape index (κ2) is 29.5. The van der Waals surface area contributed by atoms with E-state index in [9.17, 15) is 38.4 Å². The van der Waals surface area contributed by atoms with Crippen molar-refractivity contribution >= 4 is 48.0 Å². The molecular formula is C59H60N4O14. The molecule has 1 heterocycles. The normalized spacial score (nSPS) is 11.7. The Balaban J connectivity index is 1.16. The average Bonchev–Trinajstić information content (AvgIpc) is 3.96. The highest BCUT2D eigenvalue weighted by atomic mass is 16.7. The van der Waals surface area contributed by atoms with Crippen LogP contribution in [0.4, 0.5) is 0 Å². The number of furan rings is 1. The Hall–Kier alpha value is -9.32. The molecule has 4 amide bonds. The Morgan fingerprint density at radius 1 is 0.662 bits per heavy atom. The first-order chi connectivity index (χ1) is 37.4. The highest BCUT2D eigenvalue weighted by Gasteiger charge is 2.31. The molecule has 0 fully saturated rings. The molecule has 3 N–H and O–H groups in total. The van der Waals surface area contributed by atoms with Crippen LogP contribution in [0.5, 0.6) is 5.75 Å². The first kappa shape index (κ1) is 57.0. The number of esters is 3. The van der Waals surface area contributed by atoms with Gasteiger partial charge in [0.15, 0.2) is 12.4 Å². The molecule has 6 aromatic rings. The minimum Gasteiger partial charge on any atom is -0.481 e. The van der Waals surface area contributed by atoms with Gasteiger partial charge in [0.1, 0.15) is 37.4 Å². The summed E-state index contributed by atoms with van der Waals surface area (Å²) in [6.07, 6.45) is 3.79. The summed E-state index contributed by atoms with van der Waals surface area (Å²) in [6, 6.07) is 38.9. The smallest absolute Gasteiger partial charge is 0.364 e. The van der Waals surface area contributed by atoms with Gasteiger partial charge in [-0.3, -0.25) is 24.0 Å². The molecule has 18 nitrogen and oxygen atoms in total. The van der Waals surface area contributed by atoms with E-state index >= 15 is 0 Å². The van der Waals surface area contributed by atoms with Crippen LogP contribution < -0.4 is 20.7 Å². The van der Waals surface area contributed by atoms with Gasteiger partial charge in [0.05, 0.1) is 35.8 Å². The number of carbonyl (C=O) groups is 8. The minimum atomic E-state index is -1.52. The van der Waals surface area contributed by atoms with E-state index in [-0.39, 0.29) is 60.6 Å². The molecule has 0 aliphatic carbocycles. The highest BCUT2D eigenvalue weighted by molar-refractivity contribution is 6.00. The second-order valence-corrected chi connectivity index (χ2v) is 17.4. The highest BCUT2D eigenvalue weighted by Crippen LogP contribution is 2.30. The van der Waals surface area contributed by atoms with Crippen molar-refractivity contribution in [3.63, 3.8) is 0 Å². The van der Waals surface area contributed by atoms with Gasteiger partial charge in [-0.25, -0.2) is 14.4 Å². The van der Waals surface area contributed by atoms with Gasteiger partial charge < -0.3 is 44.2 Å². The molecule has 0 saturated carbocycles. The number of nitrogens with one attached hydrogen (secondary N) is 3. The van der Waals surface area contributed by atoms with Crippen molar-refractivity contribution in [3.05, 3.63) is 197 Å². The molecule has 6 rings (SSSR count). The number of ether oxygens (including phenoxy) is 4. The van der Waals surface area contributed by atoms with Crippen LogP contribution in [-0.2, 0) is 62.8 Å². The van der Waals surface area contributed by atoms with E-state index in [1.165, 1.54) is 36.4 Å². The van der Waals surface area contributed by atoms with Gasteiger partial charge in [0.25, 0.3) is 11.8 Å². The Labute approximate surface area is 445 Å². The Morgan fingerprint density at radius 2 is 1.27 bits per heavy atom. The van der Waals surface area contributed by atoms with Crippen LogP contribution in [0.3, 0.4) is 0 Å². The topological polar surface area (TPSA) is 235 Å². The van der Waals surface area contributed by atoms with Crippen molar-refractivity contribution in [1.82, 2.24) is 21.0 Å². The molecule has 0 aliphatic rings. The number of benzene rings is 5. The summed E-state index contributed by atoms with van der Waals surface area (Å²) < 4.78 is 28.2. The number of allylic oxidation sites excluding steroid dienone is 1. The predicted octanol–water partition coefficient (Wildman–Crippen LogP) is 8.49. The number of hydrogen-bond acceptors (Lipinski definition) is 14.